The predicted octanol–water partition coefficient (Wildman–Crippen LogP) is 1.87. The van der Waals surface area contributed by atoms with Crippen molar-refractivity contribution >= 4 is 28.3 Å². The molecule has 1 nitrogen and oxygen atoms in total. The van der Waals surface area contributed by atoms with E-state index in [-0.39, 0.29) is 31.0 Å². The molecule has 0 heterocycles. The molecular formula is C13H28NNaS2. The fourth-order valence-corrected chi connectivity index (χ4v) is 2.58. The molecular weight excluding hydrogens is 257 g/mol. The summed E-state index contributed by atoms with van der Waals surface area (Å²) in [5.74, 6) is 1.18. The number of nitrogens with one attached hydrogen (secondary N) is 1. The van der Waals surface area contributed by atoms with Crippen molar-refractivity contribution in [3.63, 3.8) is 0 Å². The largest absolute Gasteiger partial charge is 1.00 e. The zero-order valence-corrected chi connectivity index (χ0v) is 15.5. The van der Waals surface area contributed by atoms with Crippen molar-refractivity contribution in [3.05, 3.63) is 0 Å². The first kappa shape index (κ1) is 20.6. The van der Waals surface area contributed by atoms with Crippen molar-refractivity contribution in [2.75, 3.05) is 12.3 Å². The summed E-state index contributed by atoms with van der Waals surface area (Å²) in [6.45, 7) is 5.54. The number of rotatable bonds is 10. The van der Waals surface area contributed by atoms with Crippen LogP contribution in [0.5, 0.6) is 0 Å². The van der Waals surface area contributed by atoms with Crippen LogP contribution in [0.25, 0.3) is 0 Å². The van der Waals surface area contributed by atoms with Gasteiger partial charge in [-0.15, -0.1) is 0 Å². The second kappa shape index (κ2) is 17.2. The maximum atomic E-state index is 5.26. The fraction of sp³-hybridized carbons (Fsp3) is 0.923. The Kier molecular flexibility index (Phi) is 20.8. The Morgan fingerprint density at radius 3 is 2.18 bits per heavy atom. The molecule has 98 valence electrons. The molecule has 0 aliphatic heterocycles. The van der Waals surface area contributed by atoms with Gasteiger partial charge in [-0.25, -0.2) is 0 Å². The third kappa shape index (κ3) is 17.2. The van der Waals surface area contributed by atoms with Crippen LogP contribution in [0, 0.1) is 0 Å². The van der Waals surface area contributed by atoms with Crippen LogP contribution in [-0.4, -0.2) is 16.6 Å². The van der Waals surface area contributed by atoms with Crippen molar-refractivity contribution in [2.24, 2.45) is 0 Å². The second-order valence-electron chi connectivity index (χ2n) is 4.18. The topological polar surface area (TPSA) is 12.0 Å². The van der Waals surface area contributed by atoms with E-state index in [9.17, 15) is 0 Å². The standard InChI is InChI=1S/C13H27NS2.Na.H/c1-3-5-7-9-11-14-13(15)16-12-10-8-6-4-2;;/h3-12H2,1-2H3,(H,14,15);;/q;+1;-1. The summed E-state index contributed by atoms with van der Waals surface area (Å²) < 4.78 is 0.994. The van der Waals surface area contributed by atoms with Crippen LogP contribution in [-0.2, 0) is 0 Å². The van der Waals surface area contributed by atoms with Crippen LogP contribution < -0.4 is 34.9 Å². The van der Waals surface area contributed by atoms with Crippen molar-refractivity contribution < 1.29 is 31.0 Å². The van der Waals surface area contributed by atoms with Crippen LogP contribution in [0.1, 0.15) is 66.6 Å². The van der Waals surface area contributed by atoms with E-state index in [0.29, 0.717) is 0 Å². The van der Waals surface area contributed by atoms with Crippen molar-refractivity contribution in [1.82, 2.24) is 5.32 Å². The van der Waals surface area contributed by atoms with Crippen LogP contribution in [0.4, 0.5) is 0 Å². The molecule has 0 radical (unpaired) electrons. The zero-order valence-electron chi connectivity index (χ0n) is 12.9. The third-order valence-corrected chi connectivity index (χ3v) is 3.93. The number of thioether (sulfide) groups is 1. The van der Waals surface area contributed by atoms with Gasteiger partial charge in [0.1, 0.15) is 4.32 Å². The van der Waals surface area contributed by atoms with Gasteiger partial charge in [-0.2, -0.15) is 0 Å². The van der Waals surface area contributed by atoms with E-state index in [1.165, 1.54) is 57.1 Å². The van der Waals surface area contributed by atoms with Crippen molar-refractivity contribution in [1.29, 1.82) is 0 Å². The van der Waals surface area contributed by atoms with Gasteiger partial charge in [0.05, 0.1) is 0 Å². The Hall–Kier alpha value is 1.24. The Morgan fingerprint density at radius 2 is 1.59 bits per heavy atom. The molecule has 0 amide bonds. The predicted molar refractivity (Wildman–Crippen MR) is 82.5 cm³/mol. The monoisotopic (exact) mass is 285 g/mol. The number of hydrogen-bond acceptors (Lipinski definition) is 2. The molecule has 0 aromatic rings. The first-order valence-corrected chi connectivity index (χ1v) is 8.11. The Morgan fingerprint density at radius 1 is 1.00 bits per heavy atom. The molecule has 0 bridgehead atoms. The minimum absolute atomic E-state index is 0. The van der Waals surface area contributed by atoms with E-state index in [1.54, 1.807) is 0 Å². The van der Waals surface area contributed by atoms with Gasteiger partial charge < -0.3 is 6.74 Å². The van der Waals surface area contributed by atoms with Gasteiger partial charge in [0.15, 0.2) is 0 Å². The second-order valence-corrected chi connectivity index (χ2v) is 5.96. The molecule has 0 fully saturated rings. The summed E-state index contributed by atoms with van der Waals surface area (Å²) in [5, 5.41) is 3.33. The zero-order chi connectivity index (χ0) is 12.1. The van der Waals surface area contributed by atoms with E-state index >= 15 is 0 Å². The Bertz CT molecular complexity index is 155. The molecule has 0 aliphatic carbocycles. The summed E-state index contributed by atoms with van der Waals surface area (Å²) >= 11 is 7.07. The molecule has 0 rings (SSSR count). The van der Waals surface area contributed by atoms with Crippen molar-refractivity contribution in [2.45, 2.75) is 65.2 Å². The first-order valence-electron chi connectivity index (χ1n) is 6.71. The molecule has 0 aliphatic rings. The smallest absolute Gasteiger partial charge is 1.00 e. The van der Waals surface area contributed by atoms with Crippen LogP contribution in [0.3, 0.4) is 0 Å². The van der Waals surface area contributed by atoms with Crippen LogP contribution in [0.2, 0.25) is 0 Å². The van der Waals surface area contributed by atoms with Gasteiger partial charge >= 0.3 is 29.6 Å². The van der Waals surface area contributed by atoms with Gasteiger partial charge in [0, 0.05) is 12.3 Å². The molecule has 0 saturated heterocycles. The summed E-state index contributed by atoms with van der Waals surface area (Å²) in [5.41, 5.74) is 0. The SMILES string of the molecule is CCCCCCNC(=S)SCCCCCC.[H-].[Na+]. The van der Waals surface area contributed by atoms with E-state index in [2.05, 4.69) is 19.2 Å². The maximum absolute atomic E-state index is 5.26. The minimum atomic E-state index is 0. The van der Waals surface area contributed by atoms with Gasteiger partial charge in [0.25, 0.3) is 0 Å². The Labute approximate surface area is 141 Å². The fourth-order valence-electron chi connectivity index (χ4n) is 1.49. The summed E-state index contributed by atoms with van der Waals surface area (Å²) in [7, 11) is 0. The quantitative estimate of drug-likeness (QED) is 0.374. The summed E-state index contributed by atoms with van der Waals surface area (Å²) in [6.07, 6.45) is 10.5. The average molecular weight is 285 g/mol. The normalized spacial score (nSPS) is 9.76. The number of unbranched alkanes of at least 4 members (excludes halogenated alkanes) is 6. The molecule has 0 saturated carbocycles. The van der Waals surface area contributed by atoms with Gasteiger partial charge in [-0.3, -0.25) is 0 Å². The molecule has 17 heavy (non-hydrogen) atoms. The van der Waals surface area contributed by atoms with Crippen LogP contribution >= 0.6 is 24.0 Å². The molecule has 4 heteroatoms. The molecule has 0 spiro atoms. The van der Waals surface area contributed by atoms with Crippen molar-refractivity contribution in [3.8, 4) is 0 Å². The first-order chi connectivity index (χ1) is 7.81. The molecule has 0 atom stereocenters. The van der Waals surface area contributed by atoms with Gasteiger partial charge in [-0.05, 0) is 12.8 Å². The number of hydrogen-bond donors (Lipinski definition) is 1. The van der Waals surface area contributed by atoms with Crippen LogP contribution in [0.15, 0.2) is 0 Å². The van der Waals surface area contributed by atoms with E-state index in [1.807, 2.05) is 11.8 Å². The summed E-state index contributed by atoms with van der Waals surface area (Å²) in [4.78, 5) is 0. The third-order valence-electron chi connectivity index (χ3n) is 2.53. The average Bonchev–Trinajstić information content (AvgIpc) is 2.28. The molecule has 0 unspecified atom stereocenters. The Balaban J connectivity index is -0.00000112. The van der Waals surface area contributed by atoms with Gasteiger partial charge in [0.2, 0.25) is 0 Å². The molecule has 0 aromatic heterocycles. The molecule has 1 N–H and O–H groups in total. The van der Waals surface area contributed by atoms with E-state index in [4.69, 9.17) is 12.2 Å². The maximum Gasteiger partial charge on any atom is 1.00 e. The summed E-state index contributed by atoms with van der Waals surface area (Å²) in [6, 6.07) is 0. The minimum Gasteiger partial charge on any atom is -1.00 e. The molecule has 0 aromatic carbocycles. The van der Waals surface area contributed by atoms with E-state index < -0.39 is 0 Å². The van der Waals surface area contributed by atoms with E-state index in [0.717, 1.165) is 10.9 Å². The van der Waals surface area contributed by atoms with Gasteiger partial charge in [-0.1, -0.05) is 76.4 Å². The number of thiocarbonyl (C=S) groups is 1.